The van der Waals surface area contributed by atoms with Crippen molar-refractivity contribution in [2.45, 2.75) is 25.8 Å². The number of hydrogen-bond donors (Lipinski definition) is 1. The zero-order chi connectivity index (χ0) is 17.1. The average Bonchev–Trinajstić information content (AvgIpc) is 2.62. The average molecular weight is 363 g/mol. The highest BCUT2D eigenvalue weighted by Gasteiger charge is 2.25. The largest absolute Gasteiger partial charge is 0.337 e. The molecule has 0 radical (unpaired) electrons. The molecule has 2 aromatic rings. The third-order valence-electron chi connectivity index (χ3n) is 4.70. The first-order chi connectivity index (χ1) is 11.6. The number of halogens is 2. The van der Waals surface area contributed by atoms with Crippen LogP contribution in [0, 0.1) is 12.7 Å². The van der Waals surface area contributed by atoms with Gasteiger partial charge in [-0.1, -0.05) is 35.9 Å². The maximum absolute atomic E-state index is 14.5. The van der Waals surface area contributed by atoms with Crippen LogP contribution in [-0.4, -0.2) is 37.0 Å². The van der Waals surface area contributed by atoms with E-state index in [9.17, 15) is 9.18 Å². The third-order valence-corrected chi connectivity index (χ3v) is 4.70. The molecule has 1 fully saturated rings. The lowest BCUT2D eigenvalue weighted by Gasteiger charge is -2.32. The lowest BCUT2D eigenvalue weighted by atomic mass is 10.0. The van der Waals surface area contributed by atoms with Crippen LogP contribution in [0.4, 0.5) is 4.39 Å². The molecule has 3 nitrogen and oxygen atoms in total. The first-order valence-corrected chi connectivity index (χ1v) is 8.41. The van der Waals surface area contributed by atoms with Gasteiger partial charge in [0.25, 0.3) is 5.91 Å². The fraction of sp³-hybridized carbons (Fsp3) is 0.350. The minimum absolute atomic E-state index is 0. The van der Waals surface area contributed by atoms with E-state index in [4.69, 9.17) is 0 Å². The van der Waals surface area contributed by atoms with Gasteiger partial charge in [0.15, 0.2) is 0 Å². The van der Waals surface area contributed by atoms with Gasteiger partial charge in [0.1, 0.15) is 5.82 Å². The van der Waals surface area contributed by atoms with E-state index >= 15 is 0 Å². The molecule has 1 N–H and O–H groups in total. The van der Waals surface area contributed by atoms with Crippen molar-refractivity contribution in [2.75, 3.05) is 20.1 Å². The van der Waals surface area contributed by atoms with Crippen LogP contribution < -0.4 is 5.32 Å². The molecule has 1 aliphatic rings. The molecule has 1 saturated heterocycles. The van der Waals surface area contributed by atoms with Crippen LogP contribution in [-0.2, 0) is 0 Å². The number of carbonyl (C=O) groups excluding carboxylic acids is 1. The van der Waals surface area contributed by atoms with E-state index in [0.717, 1.165) is 29.5 Å². The van der Waals surface area contributed by atoms with Gasteiger partial charge in [0, 0.05) is 19.1 Å². The van der Waals surface area contributed by atoms with Crippen molar-refractivity contribution in [3.8, 4) is 11.1 Å². The summed E-state index contributed by atoms with van der Waals surface area (Å²) in [4.78, 5) is 14.4. The number of amides is 1. The zero-order valence-electron chi connectivity index (χ0n) is 14.6. The molecule has 1 heterocycles. The monoisotopic (exact) mass is 362 g/mol. The second kappa shape index (κ2) is 8.45. The molecule has 25 heavy (non-hydrogen) atoms. The Balaban J connectivity index is 0.00000225. The number of nitrogens with one attached hydrogen (secondary N) is 1. The number of carbonyl (C=O) groups is 1. The molecule has 1 amide bonds. The van der Waals surface area contributed by atoms with Crippen molar-refractivity contribution in [3.63, 3.8) is 0 Å². The molecule has 134 valence electrons. The minimum Gasteiger partial charge on any atom is -0.337 e. The number of aryl methyl sites for hydroxylation is 1. The van der Waals surface area contributed by atoms with Gasteiger partial charge in [0.05, 0.1) is 5.56 Å². The molecular weight excluding hydrogens is 339 g/mol. The van der Waals surface area contributed by atoms with E-state index in [2.05, 4.69) is 5.32 Å². The van der Waals surface area contributed by atoms with Gasteiger partial charge in [-0.15, -0.1) is 12.4 Å². The summed E-state index contributed by atoms with van der Waals surface area (Å²) < 4.78 is 14.5. The van der Waals surface area contributed by atoms with Gasteiger partial charge in [-0.25, -0.2) is 4.39 Å². The van der Waals surface area contributed by atoms with Crippen molar-refractivity contribution in [2.24, 2.45) is 0 Å². The number of piperidine rings is 1. The Labute approximate surface area is 154 Å². The molecular formula is C20H24ClFN2O. The van der Waals surface area contributed by atoms with Crippen molar-refractivity contribution in [1.29, 1.82) is 0 Å². The topological polar surface area (TPSA) is 32.3 Å². The molecule has 0 aromatic heterocycles. The highest BCUT2D eigenvalue weighted by atomic mass is 35.5. The van der Waals surface area contributed by atoms with E-state index < -0.39 is 5.82 Å². The van der Waals surface area contributed by atoms with Crippen LogP contribution in [0.15, 0.2) is 42.5 Å². The van der Waals surface area contributed by atoms with Gasteiger partial charge in [-0.2, -0.15) is 0 Å². The van der Waals surface area contributed by atoms with Crippen LogP contribution in [0.2, 0.25) is 0 Å². The van der Waals surface area contributed by atoms with Crippen molar-refractivity contribution < 1.29 is 9.18 Å². The Kier molecular flexibility index (Phi) is 6.57. The molecule has 0 aliphatic carbocycles. The van der Waals surface area contributed by atoms with E-state index in [-0.39, 0.29) is 29.9 Å². The quantitative estimate of drug-likeness (QED) is 0.893. The van der Waals surface area contributed by atoms with Crippen molar-refractivity contribution in [1.82, 2.24) is 10.2 Å². The minimum atomic E-state index is -0.454. The molecule has 0 bridgehead atoms. The lowest BCUT2D eigenvalue weighted by Crippen LogP contribution is -2.47. The Morgan fingerprint density at radius 3 is 2.48 bits per heavy atom. The van der Waals surface area contributed by atoms with Crippen LogP contribution in [0.5, 0.6) is 0 Å². The van der Waals surface area contributed by atoms with Crippen LogP contribution in [0.1, 0.15) is 28.8 Å². The molecule has 3 rings (SSSR count). The number of likely N-dealkylation sites (tertiary alicyclic amines) is 1. The van der Waals surface area contributed by atoms with Gasteiger partial charge in [-0.3, -0.25) is 4.79 Å². The summed E-state index contributed by atoms with van der Waals surface area (Å²) in [6.07, 6.45) is 2.00. The van der Waals surface area contributed by atoms with E-state index in [0.29, 0.717) is 13.1 Å². The Hall–Kier alpha value is -1.91. The second-order valence-electron chi connectivity index (χ2n) is 6.44. The number of likely N-dealkylation sites (N-methyl/N-ethyl adjacent to an activating group) is 1. The smallest absolute Gasteiger partial charge is 0.256 e. The highest BCUT2D eigenvalue weighted by Crippen LogP contribution is 2.24. The van der Waals surface area contributed by atoms with Crippen LogP contribution in [0.25, 0.3) is 11.1 Å². The fourth-order valence-corrected chi connectivity index (χ4v) is 3.18. The molecule has 5 heteroatoms. The number of hydrogen-bond acceptors (Lipinski definition) is 2. The van der Waals surface area contributed by atoms with Crippen molar-refractivity contribution >= 4 is 18.3 Å². The maximum atomic E-state index is 14.5. The first kappa shape index (κ1) is 19.4. The maximum Gasteiger partial charge on any atom is 0.256 e. The molecule has 2 aromatic carbocycles. The van der Waals surface area contributed by atoms with E-state index in [1.807, 2.05) is 44.3 Å². The lowest BCUT2D eigenvalue weighted by molar-refractivity contribution is 0.0693. The molecule has 1 unspecified atom stereocenters. The molecule has 1 atom stereocenters. The van der Waals surface area contributed by atoms with E-state index in [1.165, 1.54) is 6.07 Å². The SMILES string of the molecule is CNC1CCCN(C(=O)c2ccc(-c3ccc(C)cc3)cc2F)C1.Cl. The first-order valence-electron chi connectivity index (χ1n) is 8.41. The molecule has 1 aliphatic heterocycles. The second-order valence-corrected chi connectivity index (χ2v) is 6.44. The summed E-state index contributed by atoms with van der Waals surface area (Å²) in [5.41, 5.74) is 3.06. The summed E-state index contributed by atoms with van der Waals surface area (Å²) in [6, 6.07) is 13.1. The Morgan fingerprint density at radius 2 is 1.84 bits per heavy atom. The standard InChI is InChI=1S/C20H23FN2O.ClH/c1-14-5-7-15(8-6-14)16-9-10-18(19(21)12-16)20(24)23-11-3-4-17(13-23)22-2;/h5-10,12,17,22H,3-4,11,13H2,1-2H3;1H. The fourth-order valence-electron chi connectivity index (χ4n) is 3.18. The molecule has 0 saturated carbocycles. The molecule has 0 spiro atoms. The third kappa shape index (κ3) is 4.39. The predicted octanol–water partition coefficient (Wildman–Crippen LogP) is 4.05. The van der Waals surface area contributed by atoms with Crippen molar-refractivity contribution in [3.05, 3.63) is 59.4 Å². The number of benzene rings is 2. The summed E-state index contributed by atoms with van der Waals surface area (Å²) in [6.45, 7) is 3.34. The highest BCUT2D eigenvalue weighted by molar-refractivity contribution is 5.95. The summed E-state index contributed by atoms with van der Waals surface area (Å²) in [5.74, 6) is -0.674. The summed E-state index contributed by atoms with van der Waals surface area (Å²) in [7, 11) is 1.90. The predicted molar refractivity (Wildman–Crippen MR) is 102 cm³/mol. The van der Waals surface area contributed by atoms with Gasteiger partial charge >= 0.3 is 0 Å². The van der Waals surface area contributed by atoms with Crippen LogP contribution in [0.3, 0.4) is 0 Å². The van der Waals surface area contributed by atoms with Gasteiger partial charge < -0.3 is 10.2 Å². The Bertz CT molecular complexity index is 733. The van der Waals surface area contributed by atoms with E-state index in [1.54, 1.807) is 11.0 Å². The Morgan fingerprint density at radius 1 is 1.16 bits per heavy atom. The summed E-state index contributed by atoms with van der Waals surface area (Å²) in [5, 5.41) is 3.20. The van der Waals surface area contributed by atoms with Gasteiger partial charge in [0.2, 0.25) is 0 Å². The van der Waals surface area contributed by atoms with Crippen LogP contribution >= 0.6 is 12.4 Å². The van der Waals surface area contributed by atoms with Gasteiger partial charge in [-0.05, 0) is 50.1 Å². The summed E-state index contributed by atoms with van der Waals surface area (Å²) >= 11 is 0. The number of nitrogens with zero attached hydrogens (tertiary/aromatic N) is 1. The zero-order valence-corrected chi connectivity index (χ0v) is 15.4. The normalized spacial score (nSPS) is 17.1. The number of rotatable bonds is 3.